The highest BCUT2D eigenvalue weighted by atomic mass is 19.1. The minimum atomic E-state index is -0.526. The van der Waals surface area contributed by atoms with Crippen molar-refractivity contribution >= 4 is 6.09 Å². The van der Waals surface area contributed by atoms with Gasteiger partial charge in [0.2, 0.25) is 0 Å². The molecule has 1 aliphatic carbocycles. The highest BCUT2D eigenvalue weighted by molar-refractivity contribution is 5.67. The summed E-state index contributed by atoms with van der Waals surface area (Å²) in [7, 11) is 0. The van der Waals surface area contributed by atoms with Gasteiger partial charge in [0.05, 0.1) is 6.67 Å². The smallest absolute Gasteiger partial charge is 0.407 e. The maximum absolute atomic E-state index is 13.2. The molecule has 5 heteroatoms. The van der Waals surface area contributed by atoms with Gasteiger partial charge < -0.3 is 15.8 Å². The summed E-state index contributed by atoms with van der Waals surface area (Å²) in [5.41, 5.74) is 4.84. The number of rotatable bonds is 3. The SMILES string of the molecule is CC(C)(C)OC(=O)NCC1(CF)CCC(N)CC1. The summed E-state index contributed by atoms with van der Waals surface area (Å²) in [6.07, 6.45) is 2.60. The highest BCUT2D eigenvalue weighted by Gasteiger charge is 2.35. The molecule has 1 aliphatic rings. The van der Waals surface area contributed by atoms with Gasteiger partial charge >= 0.3 is 6.09 Å². The third kappa shape index (κ3) is 4.80. The minimum Gasteiger partial charge on any atom is -0.444 e. The average molecular weight is 260 g/mol. The van der Waals surface area contributed by atoms with E-state index in [2.05, 4.69) is 5.32 Å². The van der Waals surface area contributed by atoms with Gasteiger partial charge in [0, 0.05) is 18.0 Å². The van der Waals surface area contributed by atoms with E-state index in [1.165, 1.54) is 0 Å². The summed E-state index contributed by atoms with van der Waals surface area (Å²) in [5, 5.41) is 2.67. The molecule has 106 valence electrons. The van der Waals surface area contributed by atoms with Crippen LogP contribution >= 0.6 is 0 Å². The molecule has 0 saturated heterocycles. The zero-order valence-corrected chi connectivity index (χ0v) is 11.6. The van der Waals surface area contributed by atoms with Crippen molar-refractivity contribution in [2.45, 2.75) is 58.1 Å². The Morgan fingerprint density at radius 1 is 1.44 bits per heavy atom. The number of alkyl halides is 1. The van der Waals surface area contributed by atoms with Crippen molar-refractivity contribution in [3.05, 3.63) is 0 Å². The minimum absolute atomic E-state index is 0.172. The fraction of sp³-hybridized carbons (Fsp3) is 0.923. The van der Waals surface area contributed by atoms with Gasteiger partial charge in [-0.05, 0) is 46.5 Å². The van der Waals surface area contributed by atoms with E-state index >= 15 is 0 Å². The van der Waals surface area contributed by atoms with Gasteiger partial charge in [0.15, 0.2) is 0 Å². The molecule has 0 radical (unpaired) electrons. The van der Waals surface area contributed by atoms with Crippen LogP contribution in [0, 0.1) is 5.41 Å². The van der Waals surface area contributed by atoms with E-state index in [9.17, 15) is 9.18 Å². The Kier molecular flexibility index (Phi) is 4.96. The summed E-state index contributed by atoms with van der Waals surface area (Å²) < 4.78 is 18.4. The van der Waals surface area contributed by atoms with Crippen LogP contribution in [0.2, 0.25) is 0 Å². The quantitative estimate of drug-likeness (QED) is 0.818. The van der Waals surface area contributed by atoms with Crippen LogP contribution in [-0.4, -0.2) is 31.0 Å². The number of alkyl carbamates (subject to hydrolysis) is 1. The molecule has 0 heterocycles. The molecule has 0 bridgehead atoms. The maximum atomic E-state index is 13.2. The molecule has 0 aromatic heterocycles. The number of halogens is 1. The number of amides is 1. The van der Waals surface area contributed by atoms with E-state index in [4.69, 9.17) is 10.5 Å². The first-order chi connectivity index (χ1) is 8.26. The highest BCUT2D eigenvalue weighted by Crippen LogP contribution is 2.35. The topological polar surface area (TPSA) is 64.3 Å². The largest absolute Gasteiger partial charge is 0.444 e. The van der Waals surface area contributed by atoms with Crippen LogP contribution in [0.25, 0.3) is 0 Å². The van der Waals surface area contributed by atoms with Gasteiger partial charge in [0.1, 0.15) is 5.60 Å². The molecule has 1 amide bonds. The lowest BCUT2D eigenvalue weighted by atomic mass is 9.73. The third-order valence-electron chi connectivity index (χ3n) is 3.38. The molecule has 3 N–H and O–H groups in total. The molecule has 0 aromatic rings. The summed E-state index contributed by atoms with van der Waals surface area (Å²) in [6, 6.07) is 0.172. The zero-order chi connectivity index (χ0) is 13.8. The Hall–Kier alpha value is -0.840. The molecule has 1 saturated carbocycles. The number of nitrogens with two attached hydrogens (primary N) is 1. The fourth-order valence-corrected chi connectivity index (χ4v) is 2.18. The number of hydrogen-bond acceptors (Lipinski definition) is 3. The van der Waals surface area contributed by atoms with Crippen molar-refractivity contribution in [2.24, 2.45) is 11.1 Å². The lowest BCUT2D eigenvalue weighted by Gasteiger charge is -2.37. The molecule has 4 nitrogen and oxygen atoms in total. The number of hydrogen-bond donors (Lipinski definition) is 2. The number of carbonyl (C=O) groups is 1. The summed E-state index contributed by atoms with van der Waals surface area (Å²) in [4.78, 5) is 11.5. The van der Waals surface area contributed by atoms with Gasteiger partial charge in [-0.2, -0.15) is 0 Å². The van der Waals surface area contributed by atoms with E-state index in [0.29, 0.717) is 6.54 Å². The van der Waals surface area contributed by atoms with Crippen LogP contribution in [-0.2, 0) is 4.74 Å². The van der Waals surface area contributed by atoms with Crippen LogP contribution in [0.1, 0.15) is 46.5 Å². The predicted molar refractivity (Wildman–Crippen MR) is 69.1 cm³/mol. The van der Waals surface area contributed by atoms with Gasteiger partial charge in [-0.25, -0.2) is 4.79 Å². The molecule has 1 fully saturated rings. The van der Waals surface area contributed by atoms with Crippen molar-refractivity contribution in [1.82, 2.24) is 5.32 Å². The average Bonchev–Trinajstić information content (AvgIpc) is 2.27. The number of nitrogens with one attached hydrogen (secondary N) is 1. The molecular weight excluding hydrogens is 235 g/mol. The van der Waals surface area contributed by atoms with Crippen LogP contribution in [0.15, 0.2) is 0 Å². The molecular formula is C13H25FN2O2. The van der Waals surface area contributed by atoms with Crippen LogP contribution in [0.5, 0.6) is 0 Å². The third-order valence-corrected chi connectivity index (χ3v) is 3.38. The normalized spacial score (nSPS) is 28.8. The van der Waals surface area contributed by atoms with Crippen LogP contribution in [0.3, 0.4) is 0 Å². The van der Waals surface area contributed by atoms with E-state index in [1.54, 1.807) is 20.8 Å². The Morgan fingerprint density at radius 2 is 2.00 bits per heavy atom. The van der Waals surface area contributed by atoms with E-state index in [-0.39, 0.29) is 6.04 Å². The maximum Gasteiger partial charge on any atom is 0.407 e. The van der Waals surface area contributed by atoms with Gasteiger partial charge in [0.25, 0.3) is 0 Å². The second-order valence-corrected chi connectivity index (χ2v) is 6.33. The molecule has 1 rings (SSSR count). The zero-order valence-electron chi connectivity index (χ0n) is 11.6. The van der Waals surface area contributed by atoms with Gasteiger partial charge in [-0.3, -0.25) is 4.39 Å². The van der Waals surface area contributed by atoms with Crippen LogP contribution < -0.4 is 11.1 Å². The van der Waals surface area contributed by atoms with E-state index in [1.807, 2.05) is 0 Å². The Bertz CT molecular complexity index is 281. The van der Waals surface area contributed by atoms with Crippen molar-refractivity contribution in [3.63, 3.8) is 0 Å². The standard InChI is InChI=1S/C13H25FN2O2/c1-12(2,3)18-11(17)16-9-13(8-14)6-4-10(15)5-7-13/h10H,4-9,15H2,1-3H3,(H,16,17). The van der Waals surface area contributed by atoms with Gasteiger partial charge in [-0.15, -0.1) is 0 Å². The van der Waals surface area contributed by atoms with Crippen molar-refractivity contribution in [2.75, 3.05) is 13.2 Å². The fourth-order valence-electron chi connectivity index (χ4n) is 2.18. The summed E-state index contributed by atoms with van der Waals surface area (Å²) in [6.45, 7) is 5.31. The second kappa shape index (κ2) is 5.87. The molecule has 18 heavy (non-hydrogen) atoms. The molecule has 0 spiro atoms. The van der Waals surface area contributed by atoms with Crippen molar-refractivity contribution in [1.29, 1.82) is 0 Å². The Labute approximate surface area is 108 Å². The lowest BCUT2D eigenvalue weighted by Crippen LogP contribution is -2.45. The van der Waals surface area contributed by atoms with Gasteiger partial charge in [-0.1, -0.05) is 0 Å². The molecule has 0 aromatic carbocycles. The van der Waals surface area contributed by atoms with Crippen molar-refractivity contribution < 1.29 is 13.9 Å². The van der Waals surface area contributed by atoms with Crippen molar-refractivity contribution in [3.8, 4) is 0 Å². The first kappa shape index (κ1) is 15.2. The van der Waals surface area contributed by atoms with Crippen LogP contribution in [0.4, 0.5) is 9.18 Å². The number of ether oxygens (including phenoxy) is 1. The predicted octanol–water partition coefficient (Wildman–Crippen LogP) is 2.37. The Morgan fingerprint density at radius 3 is 2.44 bits per heavy atom. The van der Waals surface area contributed by atoms with E-state index in [0.717, 1.165) is 25.7 Å². The second-order valence-electron chi connectivity index (χ2n) is 6.33. The van der Waals surface area contributed by atoms with E-state index < -0.39 is 23.8 Å². The number of carbonyl (C=O) groups excluding carboxylic acids is 1. The first-order valence-electron chi connectivity index (χ1n) is 6.55. The lowest BCUT2D eigenvalue weighted by molar-refractivity contribution is 0.0460. The monoisotopic (exact) mass is 260 g/mol. The Balaban J connectivity index is 2.42. The molecule has 0 atom stereocenters. The molecule has 0 aliphatic heterocycles. The summed E-state index contributed by atoms with van der Waals surface area (Å²) >= 11 is 0. The first-order valence-corrected chi connectivity index (χ1v) is 6.55. The summed E-state index contributed by atoms with van der Waals surface area (Å²) in [5.74, 6) is 0. The molecule has 0 unspecified atom stereocenters.